The first-order chi connectivity index (χ1) is 14.0. The van der Waals surface area contributed by atoms with Crippen molar-refractivity contribution in [3.63, 3.8) is 0 Å². The van der Waals surface area contributed by atoms with E-state index in [1.807, 2.05) is 6.92 Å². The Morgan fingerprint density at radius 1 is 0.931 bits per heavy atom. The molecular formula is C23H28B2N2O2. The summed E-state index contributed by atoms with van der Waals surface area (Å²) in [6.45, 7) is 8.92. The molecule has 0 bridgehead atoms. The largest absolute Gasteiger partial charge is 0.494 e. The number of rotatable bonds is 7. The van der Waals surface area contributed by atoms with Crippen molar-refractivity contribution in [3.8, 4) is 0 Å². The zero-order chi connectivity index (χ0) is 20.4. The molecule has 0 spiro atoms. The van der Waals surface area contributed by atoms with E-state index in [9.17, 15) is 0 Å². The Morgan fingerprint density at radius 2 is 1.59 bits per heavy atom. The second kappa shape index (κ2) is 8.13. The van der Waals surface area contributed by atoms with E-state index in [1.54, 1.807) is 0 Å². The Bertz CT molecular complexity index is 968. The fourth-order valence-electron chi connectivity index (χ4n) is 3.70. The van der Waals surface area contributed by atoms with Gasteiger partial charge >= 0.3 is 14.1 Å². The van der Waals surface area contributed by atoms with E-state index in [-0.39, 0.29) is 19.7 Å². The molecule has 0 atom stereocenters. The molecule has 2 N–H and O–H groups in total. The third-order valence-electron chi connectivity index (χ3n) is 5.62. The maximum atomic E-state index is 6.30. The first kappa shape index (κ1) is 19.9. The molecular weight excluding hydrogens is 358 g/mol. The van der Waals surface area contributed by atoms with Crippen molar-refractivity contribution in [2.24, 2.45) is 0 Å². The molecule has 0 aromatic heterocycles. The summed E-state index contributed by atoms with van der Waals surface area (Å²) in [5, 5.41) is 9.76. The molecule has 6 heteroatoms. The molecule has 0 aliphatic carbocycles. The molecule has 4 rings (SSSR count). The Morgan fingerprint density at radius 3 is 2.21 bits per heavy atom. The Kier molecular flexibility index (Phi) is 5.57. The standard InChI is InChI=1S/C23H28B2N2O2/c1-5-23(3,4)29-25(28-6-2)19-13-9-12-18(16-19)24-26-20-14-7-10-17-11-8-15-21(27-24)22(17)20/h7-16,26-27H,5-6H2,1-4H3. The summed E-state index contributed by atoms with van der Waals surface area (Å²) in [7, 11) is -0.380. The fraction of sp³-hybridized carbons (Fsp3) is 0.304. The molecule has 0 saturated heterocycles. The van der Waals surface area contributed by atoms with Gasteiger partial charge in [-0.25, -0.2) is 0 Å². The maximum Gasteiger partial charge on any atom is 0.494 e. The van der Waals surface area contributed by atoms with Crippen LogP contribution in [0.25, 0.3) is 10.8 Å². The van der Waals surface area contributed by atoms with Crippen LogP contribution in [-0.4, -0.2) is 26.3 Å². The summed E-state index contributed by atoms with van der Waals surface area (Å²) in [5.74, 6) is 0. The molecule has 0 fully saturated rings. The molecule has 3 aromatic carbocycles. The average molecular weight is 386 g/mol. The lowest BCUT2D eigenvalue weighted by molar-refractivity contribution is 0.0706. The predicted molar refractivity (Wildman–Crippen MR) is 125 cm³/mol. The van der Waals surface area contributed by atoms with Gasteiger partial charge in [0, 0.05) is 29.0 Å². The lowest BCUT2D eigenvalue weighted by Crippen LogP contribution is -2.51. The van der Waals surface area contributed by atoms with Crippen molar-refractivity contribution in [2.45, 2.75) is 39.7 Å². The second-order valence-corrected chi connectivity index (χ2v) is 8.12. The number of benzene rings is 3. The van der Waals surface area contributed by atoms with Gasteiger partial charge in [0.25, 0.3) is 0 Å². The van der Waals surface area contributed by atoms with Crippen LogP contribution in [0.4, 0.5) is 11.4 Å². The van der Waals surface area contributed by atoms with Gasteiger partial charge in [0.2, 0.25) is 0 Å². The topological polar surface area (TPSA) is 42.5 Å². The smallest absolute Gasteiger partial charge is 0.408 e. The highest BCUT2D eigenvalue weighted by Crippen LogP contribution is 2.33. The SMILES string of the molecule is CCOB(OC(C)(C)CC)c1cccc(B2Nc3cccc4cccc(c34)N2)c1. The molecule has 4 nitrogen and oxygen atoms in total. The van der Waals surface area contributed by atoms with Crippen LogP contribution in [-0.2, 0) is 9.31 Å². The highest BCUT2D eigenvalue weighted by Gasteiger charge is 2.31. The molecule has 1 aliphatic rings. The minimum atomic E-state index is -0.380. The second-order valence-electron chi connectivity index (χ2n) is 8.12. The first-order valence-electron chi connectivity index (χ1n) is 10.4. The van der Waals surface area contributed by atoms with E-state index in [0.717, 1.165) is 28.7 Å². The van der Waals surface area contributed by atoms with E-state index in [1.165, 1.54) is 10.8 Å². The van der Waals surface area contributed by atoms with E-state index in [4.69, 9.17) is 9.31 Å². The normalized spacial score (nSPS) is 13.2. The first-order valence-corrected chi connectivity index (χ1v) is 10.4. The molecule has 0 amide bonds. The number of anilines is 2. The summed E-state index contributed by atoms with van der Waals surface area (Å²) in [5.41, 5.74) is 4.24. The Labute approximate surface area is 174 Å². The van der Waals surface area contributed by atoms with Crippen LogP contribution in [0.15, 0.2) is 60.7 Å². The van der Waals surface area contributed by atoms with Gasteiger partial charge in [0.05, 0.1) is 0 Å². The van der Waals surface area contributed by atoms with E-state index < -0.39 is 0 Å². The molecule has 148 valence electrons. The maximum absolute atomic E-state index is 6.30. The fourth-order valence-corrected chi connectivity index (χ4v) is 3.70. The summed E-state index contributed by atoms with van der Waals surface area (Å²) in [4.78, 5) is 0. The predicted octanol–water partition coefficient (Wildman–Crippen LogP) is 4.01. The molecule has 0 unspecified atom stereocenters. The number of nitrogens with one attached hydrogen (secondary N) is 2. The summed E-state index contributed by atoms with van der Waals surface area (Å²) in [6, 6.07) is 21.2. The van der Waals surface area contributed by atoms with E-state index in [2.05, 4.69) is 91.9 Å². The van der Waals surface area contributed by atoms with Gasteiger partial charge < -0.3 is 19.8 Å². The summed E-state index contributed by atoms with van der Waals surface area (Å²) in [6.07, 6.45) is 0.919. The van der Waals surface area contributed by atoms with Crippen LogP contribution in [0.2, 0.25) is 0 Å². The van der Waals surface area contributed by atoms with E-state index >= 15 is 0 Å². The summed E-state index contributed by atoms with van der Waals surface area (Å²) >= 11 is 0. The van der Waals surface area contributed by atoms with Crippen molar-refractivity contribution in [2.75, 3.05) is 17.1 Å². The van der Waals surface area contributed by atoms with Gasteiger partial charge in [0.1, 0.15) is 0 Å². The zero-order valence-electron chi connectivity index (χ0n) is 17.7. The molecule has 1 heterocycles. The van der Waals surface area contributed by atoms with Gasteiger partial charge in [0.15, 0.2) is 0 Å². The third kappa shape index (κ3) is 4.14. The van der Waals surface area contributed by atoms with Crippen molar-refractivity contribution < 1.29 is 9.31 Å². The molecule has 3 aromatic rings. The number of hydrogen-bond donors (Lipinski definition) is 2. The minimum Gasteiger partial charge on any atom is -0.408 e. The van der Waals surface area contributed by atoms with Crippen LogP contribution in [0.3, 0.4) is 0 Å². The highest BCUT2D eigenvalue weighted by atomic mass is 16.6. The van der Waals surface area contributed by atoms with Crippen molar-refractivity contribution in [1.29, 1.82) is 0 Å². The molecule has 0 saturated carbocycles. The van der Waals surface area contributed by atoms with Crippen LogP contribution in [0.1, 0.15) is 34.1 Å². The zero-order valence-corrected chi connectivity index (χ0v) is 17.7. The van der Waals surface area contributed by atoms with Gasteiger partial charge in [-0.3, -0.25) is 0 Å². The van der Waals surface area contributed by atoms with Crippen LogP contribution in [0.5, 0.6) is 0 Å². The Balaban J connectivity index is 1.63. The number of hydrogen-bond acceptors (Lipinski definition) is 4. The molecule has 0 radical (unpaired) electrons. The lowest BCUT2D eigenvalue weighted by Gasteiger charge is -2.29. The summed E-state index contributed by atoms with van der Waals surface area (Å²) < 4.78 is 12.2. The average Bonchev–Trinajstić information content (AvgIpc) is 2.74. The molecule has 1 aliphatic heterocycles. The highest BCUT2D eigenvalue weighted by molar-refractivity contribution is 6.80. The molecule has 29 heavy (non-hydrogen) atoms. The Hall–Kier alpha value is -2.43. The van der Waals surface area contributed by atoms with Gasteiger partial charge in [-0.2, -0.15) is 0 Å². The van der Waals surface area contributed by atoms with Crippen molar-refractivity contribution >= 4 is 47.2 Å². The minimum absolute atomic E-state index is 0.0167. The van der Waals surface area contributed by atoms with Crippen molar-refractivity contribution in [3.05, 3.63) is 60.7 Å². The van der Waals surface area contributed by atoms with Gasteiger partial charge in [-0.05, 0) is 55.6 Å². The van der Waals surface area contributed by atoms with Crippen molar-refractivity contribution in [1.82, 2.24) is 0 Å². The van der Waals surface area contributed by atoms with E-state index in [0.29, 0.717) is 6.61 Å². The van der Waals surface area contributed by atoms with Crippen LogP contribution < -0.4 is 21.4 Å². The monoisotopic (exact) mass is 386 g/mol. The van der Waals surface area contributed by atoms with Crippen LogP contribution >= 0.6 is 0 Å². The quantitative estimate of drug-likeness (QED) is 0.603. The van der Waals surface area contributed by atoms with Gasteiger partial charge in [-0.1, -0.05) is 55.5 Å². The third-order valence-corrected chi connectivity index (χ3v) is 5.62. The van der Waals surface area contributed by atoms with Gasteiger partial charge in [-0.15, -0.1) is 0 Å². The lowest BCUT2D eigenvalue weighted by atomic mass is 9.63. The van der Waals surface area contributed by atoms with Crippen LogP contribution in [0, 0.1) is 0 Å².